The Morgan fingerprint density at radius 3 is 2.31 bits per heavy atom. The first-order valence-electron chi connectivity index (χ1n) is 9.80. The molecule has 4 aromatic rings. The maximum atomic E-state index is 12.0. The zero-order valence-electron chi connectivity index (χ0n) is 17.9. The molecule has 1 N–H and O–H groups in total. The number of aromatic nitrogens is 2. The first kappa shape index (κ1) is 23.3. The van der Waals surface area contributed by atoms with Crippen molar-refractivity contribution >= 4 is 51.7 Å². The van der Waals surface area contributed by atoms with E-state index in [0.717, 1.165) is 23.0 Å². The summed E-state index contributed by atoms with van der Waals surface area (Å²) in [5.74, 6) is 0.196. The molecule has 0 spiro atoms. The highest BCUT2D eigenvalue weighted by atomic mass is 32.2. The van der Waals surface area contributed by atoms with Crippen LogP contribution in [0.4, 0.5) is 28.7 Å². The van der Waals surface area contributed by atoms with E-state index in [1.54, 1.807) is 30.3 Å². The minimum atomic E-state index is -0.627. The van der Waals surface area contributed by atoms with E-state index in [1.807, 2.05) is 0 Å². The molecule has 3 aromatic carbocycles. The second-order valence-corrected chi connectivity index (χ2v) is 7.76. The van der Waals surface area contributed by atoms with Crippen molar-refractivity contribution in [3.8, 4) is 5.75 Å². The number of nitrogens with one attached hydrogen (secondary N) is 1. The molecule has 13 nitrogen and oxygen atoms in total. The quantitative estimate of drug-likeness (QED) is 0.137. The molecule has 0 aliphatic rings. The minimum absolute atomic E-state index is 0.0269. The zero-order chi connectivity index (χ0) is 24.9. The molecule has 0 bridgehead atoms. The van der Waals surface area contributed by atoms with Gasteiger partial charge in [-0.2, -0.15) is 5.01 Å². The van der Waals surface area contributed by atoms with Crippen molar-refractivity contribution in [2.75, 3.05) is 16.8 Å². The highest BCUT2D eigenvalue weighted by Crippen LogP contribution is 2.37. The van der Waals surface area contributed by atoms with Crippen LogP contribution in [0.1, 0.15) is 0 Å². The van der Waals surface area contributed by atoms with Crippen LogP contribution in [0.2, 0.25) is 0 Å². The van der Waals surface area contributed by atoms with Gasteiger partial charge in [0.25, 0.3) is 11.4 Å². The topological polar surface area (TPSA) is 166 Å². The number of nitro benzene ring substituents is 2. The number of nitroso groups, excluding NO2 is 1. The maximum absolute atomic E-state index is 12.0. The average molecular weight is 493 g/mol. The first-order chi connectivity index (χ1) is 16.9. The van der Waals surface area contributed by atoms with Gasteiger partial charge in [0.15, 0.2) is 5.82 Å². The standard InChI is InChI=1S/C21H15N7O6S/c1-34-16-10-14(9-15(11-16)28(32)33)26(25-29)21-20(22-18-7-2-3-8-19(18)23-21)24-35-17-6-4-5-13(12-17)27(30)31/h2-12H,1H3,(H,22,24). The molecule has 0 aliphatic carbocycles. The minimum Gasteiger partial charge on any atom is -0.496 e. The van der Waals surface area contributed by atoms with Crippen LogP contribution in [0, 0.1) is 25.1 Å². The van der Waals surface area contributed by atoms with Gasteiger partial charge >= 0.3 is 0 Å². The molecule has 0 unspecified atom stereocenters. The number of non-ortho nitro benzene ring substituents is 2. The largest absolute Gasteiger partial charge is 0.496 e. The molecule has 4 rings (SSSR count). The van der Waals surface area contributed by atoms with E-state index in [1.165, 1.54) is 37.4 Å². The molecule has 0 aliphatic heterocycles. The van der Waals surface area contributed by atoms with E-state index in [-0.39, 0.29) is 34.4 Å². The molecule has 35 heavy (non-hydrogen) atoms. The van der Waals surface area contributed by atoms with Crippen LogP contribution >= 0.6 is 11.9 Å². The fourth-order valence-corrected chi connectivity index (χ4v) is 3.77. The Morgan fingerprint density at radius 1 is 0.943 bits per heavy atom. The van der Waals surface area contributed by atoms with Gasteiger partial charge in [-0.15, -0.1) is 4.91 Å². The maximum Gasteiger partial charge on any atom is 0.275 e. The average Bonchev–Trinajstić information content (AvgIpc) is 2.87. The van der Waals surface area contributed by atoms with Gasteiger partial charge in [-0.25, -0.2) is 9.97 Å². The van der Waals surface area contributed by atoms with Crippen molar-refractivity contribution in [3.63, 3.8) is 0 Å². The molecule has 176 valence electrons. The molecule has 0 atom stereocenters. The zero-order valence-corrected chi connectivity index (χ0v) is 18.7. The number of hydrogen-bond acceptors (Lipinski definition) is 11. The summed E-state index contributed by atoms with van der Waals surface area (Å²) < 4.78 is 8.08. The smallest absolute Gasteiger partial charge is 0.275 e. The summed E-state index contributed by atoms with van der Waals surface area (Å²) in [4.78, 5) is 42.8. The van der Waals surface area contributed by atoms with E-state index in [2.05, 4.69) is 20.0 Å². The Kier molecular flexibility index (Phi) is 6.64. The van der Waals surface area contributed by atoms with Gasteiger partial charge < -0.3 is 9.46 Å². The summed E-state index contributed by atoms with van der Waals surface area (Å²) in [7, 11) is 1.33. The number of nitro groups is 2. The number of methoxy groups -OCH3 is 1. The molecular weight excluding hydrogens is 478 g/mol. The molecule has 0 fully saturated rings. The van der Waals surface area contributed by atoms with Gasteiger partial charge in [-0.1, -0.05) is 18.2 Å². The normalized spacial score (nSPS) is 10.5. The van der Waals surface area contributed by atoms with Gasteiger partial charge in [0.1, 0.15) is 5.75 Å². The Labute approximate surface area is 201 Å². The summed E-state index contributed by atoms with van der Waals surface area (Å²) in [6.07, 6.45) is 0. The van der Waals surface area contributed by atoms with Crippen molar-refractivity contribution in [1.82, 2.24) is 9.97 Å². The van der Waals surface area contributed by atoms with E-state index in [9.17, 15) is 25.1 Å². The number of para-hydroxylation sites is 2. The van der Waals surface area contributed by atoms with Crippen molar-refractivity contribution in [3.05, 3.63) is 91.9 Å². The second kappa shape index (κ2) is 9.96. The van der Waals surface area contributed by atoms with Crippen molar-refractivity contribution in [2.45, 2.75) is 4.90 Å². The number of anilines is 3. The van der Waals surface area contributed by atoms with E-state index in [4.69, 9.17) is 4.74 Å². The lowest BCUT2D eigenvalue weighted by Crippen LogP contribution is -2.13. The number of nitrogens with zero attached hydrogens (tertiary/aromatic N) is 6. The van der Waals surface area contributed by atoms with Crippen LogP contribution in [0.3, 0.4) is 0 Å². The van der Waals surface area contributed by atoms with Crippen LogP contribution in [0.25, 0.3) is 11.0 Å². The Morgan fingerprint density at radius 2 is 1.66 bits per heavy atom. The Bertz CT molecular complexity index is 1450. The molecule has 0 radical (unpaired) electrons. The predicted molar refractivity (Wildman–Crippen MR) is 130 cm³/mol. The third-order valence-corrected chi connectivity index (χ3v) is 5.48. The van der Waals surface area contributed by atoms with Crippen LogP contribution in [-0.4, -0.2) is 26.9 Å². The third kappa shape index (κ3) is 5.06. The molecule has 0 saturated carbocycles. The summed E-state index contributed by atoms with van der Waals surface area (Å²) in [5, 5.41) is 26.3. The highest BCUT2D eigenvalue weighted by molar-refractivity contribution is 8.00. The Hall–Kier alpha value is -4.85. The molecule has 1 heterocycles. The summed E-state index contributed by atoms with van der Waals surface area (Å²) >= 11 is 1.01. The van der Waals surface area contributed by atoms with E-state index >= 15 is 0 Å². The lowest BCUT2D eigenvalue weighted by atomic mass is 10.2. The van der Waals surface area contributed by atoms with Crippen LogP contribution in [-0.2, 0) is 0 Å². The molecule has 1 aromatic heterocycles. The van der Waals surface area contributed by atoms with Crippen LogP contribution in [0.5, 0.6) is 5.75 Å². The number of fused-ring (bicyclic) bond motifs is 1. The van der Waals surface area contributed by atoms with Crippen molar-refractivity contribution < 1.29 is 14.6 Å². The number of hydrogen-bond donors (Lipinski definition) is 1. The summed E-state index contributed by atoms with van der Waals surface area (Å²) in [5.41, 5.74) is 0.558. The number of benzene rings is 3. The van der Waals surface area contributed by atoms with E-state index in [0.29, 0.717) is 15.9 Å². The Balaban J connectivity index is 1.80. The van der Waals surface area contributed by atoms with Gasteiger partial charge in [0.2, 0.25) is 5.82 Å². The monoisotopic (exact) mass is 493 g/mol. The van der Waals surface area contributed by atoms with E-state index < -0.39 is 9.85 Å². The predicted octanol–water partition coefficient (Wildman–Crippen LogP) is 5.39. The lowest BCUT2D eigenvalue weighted by Gasteiger charge is -2.18. The first-order valence-corrected chi connectivity index (χ1v) is 10.6. The fourth-order valence-electron chi connectivity index (χ4n) is 3.10. The SMILES string of the molecule is COc1cc(N(N=O)c2nc3ccccc3nc2NSc2cccc([N+](=O)[O-])c2)cc([N+](=O)[O-])c1. The molecule has 0 saturated heterocycles. The van der Waals surface area contributed by atoms with Crippen molar-refractivity contribution in [1.29, 1.82) is 0 Å². The fraction of sp³-hybridized carbons (Fsp3) is 0.0476. The highest BCUT2D eigenvalue weighted by Gasteiger charge is 2.23. The number of ether oxygens (including phenoxy) is 1. The lowest BCUT2D eigenvalue weighted by molar-refractivity contribution is -0.385. The van der Waals surface area contributed by atoms with Crippen molar-refractivity contribution in [2.24, 2.45) is 5.29 Å². The van der Waals surface area contributed by atoms with Gasteiger partial charge in [0.05, 0.1) is 45.0 Å². The van der Waals surface area contributed by atoms with Crippen LogP contribution < -0.4 is 14.5 Å². The van der Waals surface area contributed by atoms with Gasteiger partial charge in [-0.3, -0.25) is 20.2 Å². The second-order valence-electron chi connectivity index (χ2n) is 6.88. The van der Waals surface area contributed by atoms with Crippen LogP contribution in [0.15, 0.2) is 76.9 Å². The summed E-state index contributed by atoms with van der Waals surface area (Å²) in [6.45, 7) is 0. The molecular formula is C21H15N7O6S. The van der Waals surface area contributed by atoms with Gasteiger partial charge in [-0.05, 0) is 30.1 Å². The number of rotatable bonds is 9. The molecule has 14 heteroatoms. The molecule has 0 amide bonds. The summed E-state index contributed by atoms with van der Waals surface area (Å²) in [6, 6.07) is 16.5. The third-order valence-electron chi connectivity index (χ3n) is 4.70. The van der Waals surface area contributed by atoms with Gasteiger partial charge in [0, 0.05) is 29.2 Å².